The molecule has 0 bridgehead atoms. The lowest BCUT2D eigenvalue weighted by atomic mass is 10.1. The molecule has 0 unspecified atom stereocenters. The molecule has 0 radical (unpaired) electrons. The fourth-order valence-electron chi connectivity index (χ4n) is 3.05. The Balaban J connectivity index is 1.78. The molecule has 0 spiro atoms. The number of hydrogen-bond donors (Lipinski definition) is 1. The lowest BCUT2D eigenvalue weighted by Crippen LogP contribution is -2.36. The number of nitrogens with zero attached hydrogens (tertiary/aromatic N) is 3. The minimum absolute atomic E-state index is 0.172. The number of aliphatic imine (C=N–C) groups is 1. The van der Waals surface area contributed by atoms with Crippen LogP contribution in [-0.4, -0.2) is 54.8 Å². The predicted molar refractivity (Wildman–Crippen MR) is 116 cm³/mol. The first-order valence-electron chi connectivity index (χ1n) is 10.1. The van der Waals surface area contributed by atoms with Crippen LogP contribution in [0.25, 0.3) is 0 Å². The van der Waals surface area contributed by atoms with Crippen LogP contribution in [0.2, 0.25) is 0 Å². The third-order valence-corrected chi connectivity index (χ3v) is 4.82. The van der Waals surface area contributed by atoms with E-state index in [4.69, 9.17) is 9.47 Å². The van der Waals surface area contributed by atoms with Gasteiger partial charge in [0.2, 0.25) is 5.88 Å². The number of anilines is 1. The van der Waals surface area contributed by atoms with Crippen molar-refractivity contribution in [1.82, 2.24) is 4.98 Å². The molecule has 156 valence electrons. The van der Waals surface area contributed by atoms with E-state index in [9.17, 15) is 5.11 Å². The topological polar surface area (TPSA) is 67.2 Å². The Kier molecular flexibility index (Phi) is 6.87. The van der Waals surface area contributed by atoms with E-state index in [2.05, 4.69) is 46.9 Å². The van der Waals surface area contributed by atoms with Gasteiger partial charge in [0.05, 0.1) is 31.1 Å². The Hall–Kier alpha value is -2.44. The smallest absolute Gasteiger partial charge is 0.216 e. The molecule has 1 saturated heterocycles. The van der Waals surface area contributed by atoms with Crippen LogP contribution in [0.3, 0.4) is 0 Å². The normalized spacial score (nSPS) is 15.1. The van der Waals surface area contributed by atoms with Gasteiger partial charge in [-0.3, -0.25) is 4.99 Å². The summed E-state index contributed by atoms with van der Waals surface area (Å²) in [7, 11) is 0. The fraction of sp³-hybridized carbons (Fsp3) is 0.478. The van der Waals surface area contributed by atoms with Gasteiger partial charge >= 0.3 is 0 Å². The van der Waals surface area contributed by atoms with E-state index < -0.39 is 5.60 Å². The number of ether oxygens (including phenoxy) is 2. The summed E-state index contributed by atoms with van der Waals surface area (Å²) in [5, 5.41) is 9.97. The van der Waals surface area contributed by atoms with Crippen molar-refractivity contribution in [2.45, 2.75) is 39.8 Å². The van der Waals surface area contributed by atoms with Crippen LogP contribution in [0.5, 0.6) is 5.88 Å². The number of rotatable bonds is 7. The molecule has 1 N–H and O–H groups in total. The standard InChI is InChI=1S/C23H31N3O3/c1-17-5-6-19(11-18(17)2)14-24-15-20-12-21(26-7-9-28-10-8-26)13-22(25-20)29-16-23(3,4)27/h5-6,11-13,15,27H,7-10,14,16H2,1-4H3. The Labute approximate surface area is 173 Å². The molecular weight excluding hydrogens is 366 g/mol. The van der Waals surface area contributed by atoms with Gasteiger partial charge in [0, 0.05) is 31.1 Å². The van der Waals surface area contributed by atoms with E-state index in [0.717, 1.165) is 24.5 Å². The highest BCUT2D eigenvalue weighted by Gasteiger charge is 2.17. The molecule has 0 amide bonds. The van der Waals surface area contributed by atoms with Crippen LogP contribution in [0.15, 0.2) is 35.3 Å². The van der Waals surface area contributed by atoms with Crippen LogP contribution >= 0.6 is 0 Å². The average Bonchev–Trinajstić information content (AvgIpc) is 2.69. The van der Waals surface area contributed by atoms with Crippen LogP contribution in [0, 0.1) is 13.8 Å². The number of aryl methyl sites for hydroxylation is 2. The third-order valence-electron chi connectivity index (χ3n) is 4.82. The van der Waals surface area contributed by atoms with Gasteiger partial charge in [0.25, 0.3) is 0 Å². The summed E-state index contributed by atoms with van der Waals surface area (Å²) in [6.45, 7) is 11.5. The molecule has 6 heteroatoms. The van der Waals surface area contributed by atoms with Crippen molar-refractivity contribution < 1.29 is 14.6 Å². The Morgan fingerprint density at radius 3 is 2.62 bits per heavy atom. The van der Waals surface area contributed by atoms with Gasteiger partial charge in [-0.05, 0) is 50.5 Å². The highest BCUT2D eigenvalue weighted by atomic mass is 16.5. The van der Waals surface area contributed by atoms with E-state index in [0.29, 0.717) is 25.6 Å². The van der Waals surface area contributed by atoms with Crippen LogP contribution in [0.1, 0.15) is 36.2 Å². The first-order chi connectivity index (χ1) is 13.8. The maximum Gasteiger partial charge on any atom is 0.216 e. The van der Waals surface area contributed by atoms with Gasteiger partial charge in [0.1, 0.15) is 6.61 Å². The fourth-order valence-corrected chi connectivity index (χ4v) is 3.05. The molecule has 2 heterocycles. The molecule has 0 atom stereocenters. The Bertz CT molecular complexity index is 853. The van der Waals surface area contributed by atoms with E-state index in [1.54, 1.807) is 20.1 Å². The number of aromatic nitrogens is 1. The summed E-state index contributed by atoms with van der Waals surface area (Å²) in [4.78, 5) is 11.4. The number of aliphatic hydroxyl groups is 1. The van der Waals surface area contributed by atoms with Crippen molar-refractivity contribution in [2.24, 2.45) is 4.99 Å². The number of benzene rings is 1. The molecule has 29 heavy (non-hydrogen) atoms. The zero-order valence-corrected chi connectivity index (χ0v) is 17.8. The van der Waals surface area contributed by atoms with E-state index >= 15 is 0 Å². The molecule has 2 aromatic rings. The molecule has 3 rings (SSSR count). The molecule has 0 aliphatic carbocycles. The molecule has 1 fully saturated rings. The molecule has 1 aliphatic rings. The Morgan fingerprint density at radius 2 is 1.93 bits per heavy atom. The molecule has 1 aliphatic heterocycles. The van der Waals surface area contributed by atoms with Crippen molar-refractivity contribution >= 4 is 11.9 Å². The lowest BCUT2D eigenvalue weighted by molar-refractivity contribution is 0.0268. The predicted octanol–water partition coefficient (Wildman–Crippen LogP) is 3.30. The van der Waals surface area contributed by atoms with E-state index in [1.807, 2.05) is 12.1 Å². The van der Waals surface area contributed by atoms with Gasteiger partial charge in [-0.1, -0.05) is 18.2 Å². The maximum atomic E-state index is 9.97. The SMILES string of the molecule is Cc1ccc(CN=Cc2cc(N3CCOCC3)cc(OCC(C)(C)O)n2)cc1C. The first-order valence-corrected chi connectivity index (χ1v) is 10.1. The monoisotopic (exact) mass is 397 g/mol. The van der Waals surface area contributed by atoms with Gasteiger partial charge < -0.3 is 19.5 Å². The van der Waals surface area contributed by atoms with Crippen molar-refractivity contribution in [3.8, 4) is 5.88 Å². The molecule has 1 aromatic heterocycles. The minimum Gasteiger partial charge on any atom is -0.475 e. The minimum atomic E-state index is -0.922. The van der Waals surface area contributed by atoms with Gasteiger partial charge in [0.15, 0.2) is 0 Å². The summed E-state index contributed by atoms with van der Waals surface area (Å²) < 4.78 is 11.2. The highest BCUT2D eigenvalue weighted by Crippen LogP contribution is 2.22. The number of hydrogen-bond acceptors (Lipinski definition) is 6. The number of morpholine rings is 1. The van der Waals surface area contributed by atoms with Crippen molar-refractivity contribution in [3.05, 3.63) is 52.7 Å². The maximum absolute atomic E-state index is 9.97. The summed E-state index contributed by atoms with van der Waals surface area (Å²) in [5.41, 5.74) is 4.57. The lowest BCUT2D eigenvalue weighted by Gasteiger charge is -2.29. The zero-order valence-electron chi connectivity index (χ0n) is 17.8. The van der Waals surface area contributed by atoms with Crippen molar-refractivity contribution in [1.29, 1.82) is 0 Å². The Morgan fingerprint density at radius 1 is 1.17 bits per heavy atom. The second kappa shape index (κ2) is 9.37. The summed E-state index contributed by atoms with van der Waals surface area (Å²) >= 11 is 0. The largest absolute Gasteiger partial charge is 0.475 e. The zero-order chi connectivity index (χ0) is 20.9. The second-order valence-electron chi connectivity index (χ2n) is 8.18. The quantitative estimate of drug-likeness (QED) is 0.726. The highest BCUT2D eigenvalue weighted by molar-refractivity contribution is 5.79. The summed E-state index contributed by atoms with van der Waals surface area (Å²) in [6.07, 6.45) is 1.79. The summed E-state index contributed by atoms with van der Waals surface area (Å²) in [6, 6.07) is 10.3. The van der Waals surface area contributed by atoms with E-state index in [-0.39, 0.29) is 6.61 Å². The first kappa shape index (κ1) is 21.3. The van der Waals surface area contributed by atoms with Gasteiger partial charge in [-0.25, -0.2) is 4.98 Å². The van der Waals surface area contributed by atoms with E-state index in [1.165, 1.54) is 16.7 Å². The van der Waals surface area contributed by atoms with Crippen LogP contribution in [-0.2, 0) is 11.3 Å². The van der Waals surface area contributed by atoms with Crippen molar-refractivity contribution in [2.75, 3.05) is 37.8 Å². The molecule has 0 saturated carbocycles. The van der Waals surface area contributed by atoms with Crippen LogP contribution in [0.4, 0.5) is 5.69 Å². The summed E-state index contributed by atoms with van der Waals surface area (Å²) in [5.74, 6) is 0.490. The number of pyridine rings is 1. The molecular formula is C23H31N3O3. The third kappa shape index (κ3) is 6.54. The van der Waals surface area contributed by atoms with Gasteiger partial charge in [-0.15, -0.1) is 0 Å². The van der Waals surface area contributed by atoms with Crippen LogP contribution < -0.4 is 9.64 Å². The molecule has 1 aromatic carbocycles. The van der Waals surface area contributed by atoms with Gasteiger partial charge in [-0.2, -0.15) is 0 Å². The van der Waals surface area contributed by atoms with Crippen molar-refractivity contribution in [3.63, 3.8) is 0 Å². The molecule has 6 nitrogen and oxygen atoms in total. The second-order valence-corrected chi connectivity index (χ2v) is 8.18. The average molecular weight is 398 g/mol.